The van der Waals surface area contributed by atoms with Crippen molar-refractivity contribution in [1.82, 2.24) is 29.9 Å². The molecule has 1 unspecified atom stereocenters. The molecule has 0 saturated heterocycles. The summed E-state index contributed by atoms with van der Waals surface area (Å²) >= 11 is 5.38. The second-order valence-corrected chi connectivity index (χ2v) is 8.23. The summed E-state index contributed by atoms with van der Waals surface area (Å²) in [6, 6.07) is 17.9. The third kappa shape index (κ3) is 4.55. The van der Waals surface area contributed by atoms with Crippen molar-refractivity contribution in [3.63, 3.8) is 0 Å². The lowest BCUT2D eigenvalue weighted by Gasteiger charge is -2.15. The van der Waals surface area contributed by atoms with Crippen molar-refractivity contribution < 1.29 is 4.79 Å². The van der Waals surface area contributed by atoms with Crippen molar-refractivity contribution in [2.24, 2.45) is 0 Å². The molecule has 0 radical (unpaired) electrons. The molecule has 0 saturated carbocycles. The molecule has 0 bridgehead atoms. The highest BCUT2D eigenvalue weighted by atomic mass is 32.1. The van der Waals surface area contributed by atoms with Crippen molar-refractivity contribution in [1.29, 1.82) is 0 Å². The van der Waals surface area contributed by atoms with E-state index < -0.39 is 0 Å². The Balaban J connectivity index is 1.42. The number of carbonyl (C=O) groups excluding carboxylic acids is 1. The first-order valence-electron chi connectivity index (χ1n) is 10.6. The van der Waals surface area contributed by atoms with Crippen molar-refractivity contribution >= 4 is 18.1 Å². The van der Waals surface area contributed by atoms with E-state index in [0.29, 0.717) is 17.7 Å². The fraction of sp³-hybridized carbons (Fsp3) is 0.250. The standard InChI is InChI=1S/C24H26N6OS/c1-16-9-11-19(12-10-16)23-27-28-24(32)29(23)14-13-22(31)26-17(2)21-15-25-30(18(21)3)20-7-5-4-6-8-20/h4-12,15,17H,13-14H2,1-3H3,(H,26,31)(H,28,32). The van der Waals surface area contributed by atoms with Gasteiger partial charge in [0.25, 0.3) is 0 Å². The van der Waals surface area contributed by atoms with Gasteiger partial charge in [0.05, 0.1) is 17.9 Å². The summed E-state index contributed by atoms with van der Waals surface area (Å²) in [6.07, 6.45) is 2.11. The van der Waals surface area contributed by atoms with Crippen LogP contribution in [0.25, 0.3) is 17.1 Å². The van der Waals surface area contributed by atoms with E-state index >= 15 is 0 Å². The van der Waals surface area contributed by atoms with Gasteiger partial charge in [0, 0.05) is 29.8 Å². The van der Waals surface area contributed by atoms with E-state index in [1.807, 2.05) is 90.8 Å². The Hall–Kier alpha value is -3.52. The van der Waals surface area contributed by atoms with Crippen molar-refractivity contribution in [3.8, 4) is 17.1 Å². The van der Waals surface area contributed by atoms with Gasteiger partial charge in [0.2, 0.25) is 5.91 Å². The zero-order valence-corrected chi connectivity index (χ0v) is 19.2. The van der Waals surface area contributed by atoms with Crippen LogP contribution in [-0.2, 0) is 11.3 Å². The molecule has 4 rings (SSSR count). The average Bonchev–Trinajstić information content (AvgIpc) is 3.36. The van der Waals surface area contributed by atoms with Crippen LogP contribution in [-0.4, -0.2) is 30.5 Å². The lowest BCUT2D eigenvalue weighted by Crippen LogP contribution is -2.27. The van der Waals surface area contributed by atoms with E-state index in [-0.39, 0.29) is 11.9 Å². The fourth-order valence-electron chi connectivity index (χ4n) is 3.73. The summed E-state index contributed by atoms with van der Waals surface area (Å²) in [5, 5.41) is 14.8. The van der Waals surface area contributed by atoms with Gasteiger partial charge in [-0.15, -0.1) is 0 Å². The third-order valence-electron chi connectivity index (χ3n) is 5.52. The predicted octanol–water partition coefficient (Wildman–Crippen LogP) is 4.68. The average molecular weight is 447 g/mol. The molecule has 0 aliphatic rings. The summed E-state index contributed by atoms with van der Waals surface area (Å²) in [6.45, 7) is 6.46. The Kier molecular flexibility index (Phi) is 6.32. The molecule has 2 aromatic heterocycles. The van der Waals surface area contributed by atoms with Crippen LogP contribution in [0, 0.1) is 18.6 Å². The minimum Gasteiger partial charge on any atom is -0.349 e. The van der Waals surface area contributed by atoms with Crippen LogP contribution >= 0.6 is 12.2 Å². The molecular weight excluding hydrogens is 420 g/mol. The van der Waals surface area contributed by atoms with Crippen molar-refractivity contribution in [3.05, 3.63) is 82.4 Å². The van der Waals surface area contributed by atoms with Crippen LogP contribution in [0.15, 0.2) is 60.8 Å². The number of hydrogen-bond acceptors (Lipinski definition) is 4. The van der Waals surface area contributed by atoms with Gasteiger partial charge in [-0.05, 0) is 45.1 Å². The minimum atomic E-state index is -0.158. The van der Waals surface area contributed by atoms with Gasteiger partial charge < -0.3 is 5.32 Å². The number of para-hydroxylation sites is 1. The van der Waals surface area contributed by atoms with Gasteiger partial charge in [0.1, 0.15) is 0 Å². The number of nitrogens with one attached hydrogen (secondary N) is 2. The first-order valence-corrected chi connectivity index (χ1v) is 11.0. The van der Waals surface area contributed by atoms with Crippen LogP contribution in [0.5, 0.6) is 0 Å². The Morgan fingerprint density at radius 1 is 1.12 bits per heavy atom. The molecule has 4 aromatic rings. The number of rotatable bonds is 7. The van der Waals surface area contributed by atoms with E-state index in [4.69, 9.17) is 12.2 Å². The van der Waals surface area contributed by atoms with Crippen LogP contribution in [0.4, 0.5) is 0 Å². The first kappa shape index (κ1) is 21.7. The molecule has 1 amide bonds. The maximum atomic E-state index is 12.7. The van der Waals surface area contributed by atoms with Crippen LogP contribution < -0.4 is 5.32 Å². The van der Waals surface area contributed by atoms with E-state index in [9.17, 15) is 4.79 Å². The summed E-state index contributed by atoms with van der Waals surface area (Å²) in [5.41, 5.74) is 5.12. The second kappa shape index (κ2) is 9.32. The van der Waals surface area contributed by atoms with Crippen molar-refractivity contribution in [2.45, 2.75) is 39.8 Å². The second-order valence-electron chi connectivity index (χ2n) is 7.84. The highest BCUT2D eigenvalue weighted by Crippen LogP contribution is 2.21. The SMILES string of the molecule is Cc1ccc(-c2n[nH]c(=S)n2CCC(=O)NC(C)c2cnn(-c3ccccc3)c2C)cc1. The molecule has 0 spiro atoms. The first-order chi connectivity index (χ1) is 15.4. The largest absolute Gasteiger partial charge is 0.349 e. The van der Waals surface area contributed by atoms with Gasteiger partial charge in [-0.2, -0.15) is 10.2 Å². The number of benzene rings is 2. The van der Waals surface area contributed by atoms with Gasteiger partial charge >= 0.3 is 0 Å². The molecule has 164 valence electrons. The molecule has 32 heavy (non-hydrogen) atoms. The Morgan fingerprint density at radius 2 is 1.84 bits per heavy atom. The number of amides is 1. The molecule has 2 aromatic carbocycles. The predicted molar refractivity (Wildman–Crippen MR) is 127 cm³/mol. The molecule has 0 aliphatic heterocycles. The highest BCUT2D eigenvalue weighted by Gasteiger charge is 2.17. The van der Waals surface area contributed by atoms with E-state index in [1.54, 1.807) is 0 Å². The Bertz CT molecular complexity index is 1270. The normalized spacial score (nSPS) is 12.0. The molecule has 0 aliphatic carbocycles. The fourth-order valence-corrected chi connectivity index (χ4v) is 3.95. The summed E-state index contributed by atoms with van der Waals surface area (Å²) < 4.78 is 4.25. The Morgan fingerprint density at radius 3 is 2.56 bits per heavy atom. The maximum absolute atomic E-state index is 12.7. The number of hydrogen-bond donors (Lipinski definition) is 2. The lowest BCUT2D eigenvalue weighted by molar-refractivity contribution is -0.121. The van der Waals surface area contributed by atoms with E-state index in [2.05, 4.69) is 20.6 Å². The molecule has 8 heteroatoms. The highest BCUT2D eigenvalue weighted by molar-refractivity contribution is 7.71. The molecule has 1 atom stereocenters. The number of H-pyrrole nitrogens is 1. The maximum Gasteiger partial charge on any atom is 0.222 e. The summed E-state index contributed by atoms with van der Waals surface area (Å²) in [5.74, 6) is 0.679. The van der Waals surface area contributed by atoms with Crippen LogP contribution in [0.3, 0.4) is 0 Å². The zero-order chi connectivity index (χ0) is 22.7. The topological polar surface area (TPSA) is 80.5 Å². The van der Waals surface area contributed by atoms with Crippen LogP contribution in [0.1, 0.15) is 36.2 Å². The quantitative estimate of drug-likeness (QED) is 0.404. The summed E-state index contributed by atoms with van der Waals surface area (Å²) in [4.78, 5) is 12.7. The molecule has 0 fully saturated rings. The van der Waals surface area contributed by atoms with Gasteiger partial charge in [-0.3, -0.25) is 14.5 Å². The van der Waals surface area contributed by atoms with E-state index in [1.165, 1.54) is 5.56 Å². The zero-order valence-electron chi connectivity index (χ0n) is 18.4. The lowest BCUT2D eigenvalue weighted by atomic mass is 10.1. The number of carbonyl (C=O) groups is 1. The number of nitrogens with zero attached hydrogens (tertiary/aromatic N) is 4. The molecule has 2 N–H and O–H groups in total. The van der Waals surface area contributed by atoms with Crippen molar-refractivity contribution in [2.75, 3.05) is 0 Å². The van der Waals surface area contributed by atoms with Gasteiger partial charge in [-0.25, -0.2) is 4.68 Å². The number of aromatic amines is 1. The van der Waals surface area contributed by atoms with Crippen LogP contribution in [0.2, 0.25) is 0 Å². The monoisotopic (exact) mass is 446 g/mol. The third-order valence-corrected chi connectivity index (χ3v) is 5.83. The minimum absolute atomic E-state index is 0.0534. The van der Waals surface area contributed by atoms with E-state index in [0.717, 1.165) is 28.3 Å². The Labute approximate surface area is 192 Å². The summed E-state index contributed by atoms with van der Waals surface area (Å²) in [7, 11) is 0. The molecule has 7 nitrogen and oxygen atoms in total. The smallest absolute Gasteiger partial charge is 0.222 e. The number of aryl methyl sites for hydroxylation is 1. The van der Waals surface area contributed by atoms with Gasteiger partial charge in [-0.1, -0.05) is 48.0 Å². The van der Waals surface area contributed by atoms with Gasteiger partial charge in [0.15, 0.2) is 10.6 Å². The molecule has 2 heterocycles. The molecular formula is C24H26N6OS. The number of aromatic nitrogens is 5.